The van der Waals surface area contributed by atoms with E-state index in [0.29, 0.717) is 34.1 Å². The molecule has 0 aromatic heterocycles. The Morgan fingerprint density at radius 3 is 1.11 bits per heavy atom. The van der Waals surface area contributed by atoms with Crippen LogP contribution in [0.4, 0.5) is 17.6 Å². The first kappa shape index (κ1) is 53.9. The number of aliphatic hydroxyl groups is 4. The van der Waals surface area contributed by atoms with E-state index in [9.17, 15) is 38.0 Å². The molecule has 0 saturated heterocycles. The lowest BCUT2D eigenvalue weighted by atomic mass is 9.92. The minimum atomic E-state index is -0.972. The van der Waals surface area contributed by atoms with Gasteiger partial charge in [-0.2, -0.15) is 0 Å². The number of halogens is 6. The van der Waals surface area contributed by atoms with Crippen LogP contribution in [0, 0.1) is 37.1 Å². The van der Waals surface area contributed by atoms with Crippen LogP contribution in [-0.2, 0) is 39.5 Å². The lowest BCUT2D eigenvalue weighted by Gasteiger charge is -2.36. The summed E-state index contributed by atoms with van der Waals surface area (Å²) >= 11 is 13.7. The molecule has 0 atom stereocenters. The third-order valence-corrected chi connectivity index (χ3v) is 13.4. The number of hydrogen-bond acceptors (Lipinski definition) is 10. The van der Waals surface area contributed by atoms with Crippen LogP contribution in [0.15, 0.2) is 97.1 Å². The topological polar surface area (TPSA) is 124 Å². The van der Waals surface area contributed by atoms with Crippen LogP contribution in [0.2, 0.25) is 10.0 Å². The maximum atomic E-state index is 14.1. The van der Waals surface area contributed by atoms with Crippen molar-refractivity contribution in [3.05, 3.63) is 175 Å². The molecule has 16 heteroatoms. The van der Waals surface area contributed by atoms with E-state index in [0.717, 1.165) is 45.5 Å². The Bertz CT molecular complexity index is 2550. The molecule has 0 aliphatic heterocycles. The van der Waals surface area contributed by atoms with Crippen molar-refractivity contribution in [2.75, 3.05) is 40.5 Å². The number of aliphatic hydroxyl groups excluding tert-OH is 4. The molecule has 0 radical (unpaired) electrons. The number of hydrogen-bond donors (Lipinski definition) is 4. The number of likely N-dealkylation sites (N-methyl/N-ethyl adjacent to an activating group) is 2. The predicted octanol–water partition coefficient (Wildman–Crippen LogP) is 10.5. The van der Waals surface area contributed by atoms with Crippen LogP contribution < -0.4 is 18.9 Å². The number of ether oxygens (including phenoxy) is 4. The zero-order chi connectivity index (χ0) is 50.9. The van der Waals surface area contributed by atoms with Crippen LogP contribution >= 0.6 is 23.2 Å². The van der Waals surface area contributed by atoms with Crippen molar-refractivity contribution >= 4 is 23.2 Å². The Morgan fingerprint density at radius 1 is 0.457 bits per heavy atom. The summed E-state index contributed by atoms with van der Waals surface area (Å²) in [4.78, 5) is 3.51. The SMILES string of the molecule is Cc1c(COc2cc(OCc3cc(F)cc(F)c3)c(CN(C)C(C)(CO)CO)cc2Cl)cccc1-c1cccc(COc2cc(OCc3cc(F)cc(F)c3)c(CN(C)C(C)(CO)CO)cc2Cl)c1C. The molecular formula is C54H58Cl2F4N2O8. The lowest BCUT2D eigenvalue weighted by Crippen LogP contribution is -2.49. The summed E-state index contributed by atoms with van der Waals surface area (Å²) in [5.74, 6) is -1.72. The first-order chi connectivity index (χ1) is 33.3. The molecule has 70 heavy (non-hydrogen) atoms. The minimum absolute atomic E-state index is 0.115. The Balaban J connectivity index is 1.23. The van der Waals surface area contributed by atoms with E-state index in [2.05, 4.69) is 0 Å². The van der Waals surface area contributed by atoms with Crippen molar-refractivity contribution in [1.82, 2.24) is 9.80 Å². The second-order valence-corrected chi connectivity index (χ2v) is 18.8. The highest BCUT2D eigenvalue weighted by atomic mass is 35.5. The molecule has 0 bridgehead atoms. The van der Waals surface area contributed by atoms with Crippen molar-refractivity contribution < 1.29 is 56.9 Å². The minimum Gasteiger partial charge on any atom is -0.488 e. The van der Waals surface area contributed by atoms with Gasteiger partial charge < -0.3 is 39.4 Å². The van der Waals surface area contributed by atoms with Gasteiger partial charge in [0.25, 0.3) is 0 Å². The van der Waals surface area contributed by atoms with Gasteiger partial charge in [0.05, 0.1) is 47.6 Å². The van der Waals surface area contributed by atoms with Crippen LogP contribution in [-0.4, -0.2) is 81.8 Å². The van der Waals surface area contributed by atoms with Crippen LogP contribution in [0.25, 0.3) is 11.1 Å². The third-order valence-electron chi connectivity index (χ3n) is 12.8. The standard InChI is InChI=1S/C54H58Cl2F4N2O8/c1-33-37(27-69-51-21-49(67-25-35-13-41(57)19-42(58)14-35)39(17-47(51)55)23-61(5)53(3,29-63)30-64)9-7-11-45(33)46-12-8-10-38(34(46)2)28-70-52-22-50(68-26-36-15-43(59)20-44(60)16-36)40(18-48(52)56)24-62(6)54(4,31-65)32-66/h7-22,63-66H,23-32H2,1-6H3. The van der Waals surface area contributed by atoms with Crippen molar-refractivity contribution in [2.24, 2.45) is 0 Å². The summed E-state index contributed by atoms with van der Waals surface area (Å²) in [5, 5.41) is 40.7. The molecule has 0 fully saturated rings. The molecule has 0 amide bonds. The third kappa shape index (κ3) is 13.1. The number of rotatable bonds is 23. The molecule has 0 heterocycles. The Morgan fingerprint density at radius 2 is 0.786 bits per heavy atom. The highest BCUT2D eigenvalue weighted by molar-refractivity contribution is 6.32. The normalized spacial score (nSPS) is 12.0. The second kappa shape index (κ2) is 23.7. The summed E-state index contributed by atoms with van der Waals surface area (Å²) in [7, 11) is 3.47. The van der Waals surface area contributed by atoms with Gasteiger partial charge in [0.1, 0.15) is 72.7 Å². The number of benzene rings is 6. The van der Waals surface area contributed by atoms with Gasteiger partial charge in [-0.3, -0.25) is 9.80 Å². The predicted molar refractivity (Wildman–Crippen MR) is 262 cm³/mol. The van der Waals surface area contributed by atoms with Gasteiger partial charge >= 0.3 is 0 Å². The molecule has 6 aromatic carbocycles. The average molecular weight is 1010 g/mol. The van der Waals surface area contributed by atoms with Crippen molar-refractivity contribution in [3.63, 3.8) is 0 Å². The molecule has 0 aliphatic carbocycles. The van der Waals surface area contributed by atoms with E-state index in [1.165, 1.54) is 24.3 Å². The second-order valence-electron chi connectivity index (χ2n) is 18.0. The van der Waals surface area contributed by atoms with E-state index in [1.807, 2.05) is 50.2 Å². The molecule has 4 N–H and O–H groups in total. The maximum Gasteiger partial charge on any atom is 0.142 e. The number of nitrogens with zero attached hydrogens (tertiary/aromatic N) is 2. The first-order valence-electron chi connectivity index (χ1n) is 22.4. The summed E-state index contributed by atoms with van der Waals surface area (Å²) in [5.41, 5.74) is 5.26. The quantitative estimate of drug-likeness (QED) is 0.0461. The van der Waals surface area contributed by atoms with E-state index < -0.39 is 34.3 Å². The zero-order valence-electron chi connectivity index (χ0n) is 39.9. The Kier molecular flexibility index (Phi) is 18.2. The molecule has 0 aliphatic rings. The van der Waals surface area contributed by atoms with Crippen molar-refractivity contribution in [2.45, 2.75) is 78.3 Å². The molecule has 0 saturated carbocycles. The van der Waals surface area contributed by atoms with Gasteiger partial charge in [0.2, 0.25) is 0 Å². The molecule has 0 spiro atoms. The van der Waals surface area contributed by atoms with Gasteiger partial charge in [-0.15, -0.1) is 0 Å². The van der Waals surface area contributed by atoms with Crippen LogP contribution in [0.3, 0.4) is 0 Å². The van der Waals surface area contributed by atoms with Gasteiger partial charge in [0.15, 0.2) is 0 Å². The van der Waals surface area contributed by atoms with Gasteiger partial charge in [-0.05, 0) is 123 Å². The van der Waals surface area contributed by atoms with Crippen molar-refractivity contribution in [1.29, 1.82) is 0 Å². The molecule has 0 unspecified atom stereocenters. The molecule has 6 rings (SSSR count). The Labute approximate surface area is 416 Å². The van der Waals surface area contributed by atoms with Crippen LogP contribution in [0.5, 0.6) is 23.0 Å². The fourth-order valence-electron chi connectivity index (χ4n) is 7.65. The molecule has 6 aromatic rings. The smallest absolute Gasteiger partial charge is 0.142 e. The largest absolute Gasteiger partial charge is 0.488 e. The lowest BCUT2D eigenvalue weighted by molar-refractivity contribution is 0.0103. The summed E-state index contributed by atoms with van der Waals surface area (Å²) < 4.78 is 81.2. The molecular weight excluding hydrogens is 951 g/mol. The molecule has 10 nitrogen and oxygen atoms in total. The fourth-order valence-corrected chi connectivity index (χ4v) is 8.13. The van der Waals surface area contributed by atoms with Gasteiger partial charge in [-0.1, -0.05) is 59.6 Å². The fraction of sp³-hybridized carbons (Fsp3) is 0.333. The highest BCUT2D eigenvalue weighted by Crippen LogP contribution is 2.39. The zero-order valence-corrected chi connectivity index (χ0v) is 41.4. The van der Waals surface area contributed by atoms with Crippen LogP contribution in [0.1, 0.15) is 58.4 Å². The monoisotopic (exact) mass is 1010 g/mol. The summed E-state index contributed by atoms with van der Waals surface area (Å²) in [6.07, 6.45) is 0. The summed E-state index contributed by atoms with van der Waals surface area (Å²) in [6, 6.07) is 24.6. The van der Waals surface area contributed by atoms with E-state index in [-0.39, 0.29) is 87.1 Å². The van der Waals surface area contributed by atoms with Gasteiger partial charge in [-0.25, -0.2) is 17.6 Å². The highest BCUT2D eigenvalue weighted by Gasteiger charge is 2.30. The Hall–Kier alpha value is -5.42. The first-order valence-corrected chi connectivity index (χ1v) is 23.1. The van der Waals surface area contributed by atoms with Crippen molar-refractivity contribution in [3.8, 4) is 34.1 Å². The van der Waals surface area contributed by atoms with E-state index >= 15 is 0 Å². The van der Waals surface area contributed by atoms with Gasteiger partial charge in [0, 0.05) is 48.5 Å². The average Bonchev–Trinajstić information content (AvgIpc) is 3.32. The van der Waals surface area contributed by atoms with E-state index in [4.69, 9.17) is 42.1 Å². The molecule has 374 valence electrons. The van der Waals surface area contributed by atoms with E-state index in [1.54, 1.807) is 62.0 Å². The summed E-state index contributed by atoms with van der Waals surface area (Å²) in [6.45, 7) is 6.39. The maximum absolute atomic E-state index is 14.1.